The van der Waals surface area contributed by atoms with E-state index in [0.29, 0.717) is 13.1 Å². The minimum Gasteiger partial charge on any atom is -0.448 e. The van der Waals surface area contributed by atoms with Gasteiger partial charge in [0.2, 0.25) is 5.91 Å². The van der Waals surface area contributed by atoms with E-state index in [2.05, 4.69) is 20.7 Å². The van der Waals surface area contributed by atoms with Gasteiger partial charge in [-0.15, -0.1) is 0 Å². The Morgan fingerprint density at radius 1 is 1.77 bits per heavy atom. The second-order valence-corrected chi connectivity index (χ2v) is 3.85. The third-order valence-corrected chi connectivity index (χ3v) is 2.69. The molecule has 1 saturated heterocycles. The van der Waals surface area contributed by atoms with E-state index < -0.39 is 6.09 Å². The van der Waals surface area contributed by atoms with Crippen LogP contribution in [0.3, 0.4) is 0 Å². The molecule has 13 heavy (non-hydrogen) atoms. The maximum Gasteiger partial charge on any atom is 0.404 e. The van der Waals surface area contributed by atoms with Crippen LogP contribution >= 0.6 is 15.9 Å². The van der Waals surface area contributed by atoms with E-state index in [9.17, 15) is 9.59 Å². The summed E-state index contributed by atoms with van der Waals surface area (Å²) in [6, 6.07) is 0. The van der Waals surface area contributed by atoms with Crippen molar-refractivity contribution in [2.24, 2.45) is 5.73 Å². The summed E-state index contributed by atoms with van der Waals surface area (Å²) in [5.41, 5.74) is 4.77. The lowest BCUT2D eigenvalue weighted by Gasteiger charge is -2.14. The molecule has 6 heteroatoms. The van der Waals surface area contributed by atoms with Crippen LogP contribution in [-0.4, -0.2) is 41.4 Å². The van der Waals surface area contributed by atoms with Gasteiger partial charge in [0, 0.05) is 6.54 Å². The first kappa shape index (κ1) is 10.3. The number of nitrogens with two attached hydrogens (primary N) is 1. The summed E-state index contributed by atoms with van der Waals surface area (Å²) in [6.45, 7) is 1.29. The number of carbonyl (C=O) groups is 2. The highest BCUT2D eigenvalue weighted by atomic mass is 79.9. The molecule has 0 aromatic rings. The van der Waals surface area contributed by atoms with Crippen molar-refractivity contribution < 1.29 is 14.3 Å². The van der Waals surface area contributed by atoms with Crippen molar-refractivity contribution in [3.63, 3.8) is 0 Å². The molecule has 1 atom stereocenters. The lowest BCUT2D eigenvalue weighted by Crippen LogP contribution is -2.32. The van der Waals surface area contributed by atoms with Crippen LogP contribution in [0.1, 0.15) is 6.42 Å². The van der Waals surface area contributed by atoms with Gasteiger partial charge in [-0.05, 0) is 6.42 Å². The fraction of sp³-hybridized carbons (Fsp3) is 0.714. The highest BCUT2D eigenvalue weighted by molar-refractivity contribution is 9.10. The average Bonchev–Trinajstić information content (AvgIpc) is 2.35. The molecule has 0 aromatic carbocycles. The first-order valence-corrected chi connectivity index (χ1v) is 4.88. The molecule has 1 rings (SSSR count). The first-order chi connectivity index (χ1) is 6.11. The zero-order chi connectivity index (χ0) is 9.84. The van der Waals surface area contributed by atoms with Crippen molar-refractivity contribution in [2.45, 2.75) is 11.2 Å². The Balaban J connectivity index is 2.23. The Labute approximate surface area is 84.3 Å². The summed E-state index contributed by atoms with van der Waals surface area (Å²) in [7, 11) is 0. The van der Waals surface area contributed by atoms with E-state index in [1.807, 2.05) is 0 Å². The average molecular weight is 251 g/mol. The zero-order valence-corrected chi connectivity index (χ0v) is 8.62. The van der Waals surface area contributed by atoms with Gasteiger partial charge < -0.3 is 15.4 Å². The maximum absolute atomic E-state index is 11.3. The summed E-state index contributed by atoms with van der Waals surface area (Å²) in [4.78, 5) is 23.1. The van der Waals surface area contributed by atoms with Crippen LogP contribution in [0.2, 0.25) is 0 Å². The Morgan fingerprint density at radius 2 is 2.46 bits per heavy atom. The summed E-state index contributed by atoms with van der Waals surface area (Å²) >= 11 is 3.24. The molecule has 0 spiro atoms. The number of ether oxygens (including phenoxy) is 1. The van der Waals surface area contributed by atoms with E-state index in [1.54, 1.807) is 4.90 Å². The molecule has 1 unspecified atom stereocenters. The van der Waals surface area contributed by atoms with E-state index in [0.717, 1.165) is 6.42 Å². The van der Waals surface area contributed by atoms with Crippen LogP contribution in [0.4, 0.5) is 4.79 Å². The number of likely N-dealkylation sites (tertiary alicyclic amines) is 1. The van der Waals surface area contributed by atoms with Gasteiger partial charge in [-0.3, -0.25) is 4.79 Å². The van der Waals surface area contributed by atoms with Crippen LogP contribution in [0.25, 0.3) is 0 Å². The summed E-state index contributed by atoms with van der Waals surface area (Å²) < 4.78 is 4.52. The second kappa shape index (κ2) is 4.45. The van der Waals surface area contributed by atoms with Crippen molar-refractivity contribution in [2.75, 3.05) is 19.7 Å². The molecular formula is C7H11BrN2O3. The predicted molar refractivity (Wildman–Crippen MR) is 49.4 cm³/mol. The fourth-order valence-electron chi connectivity index (χ4n) is 1.18. The molecule has 1 fully saturated rings. The van der Waals surface area contributed by atoms with Gasteiger partial charge in [0.15, 0.2) is 0 Å². The molecular weight excluding hydrogens is 240 g/mol. The normalized spacial score (nSPS) is 22.1. The van der Waals surface area contributed by atoms with Gasteiger partial charge in [-0.25, -0.2) is 4.79 Å². The Kier molecular flexibility index (Phi) is 3.53. The fourth-order valence-corrected chi connectivity index (χ4v) is 1.67. The largest absolute Gasteiger partial charge is 0.448 e. The summed E-state index contributed by atoms with van der Waals surface area (Å²) in [5, 5.41) is 0. The predicted octanol–water partition coefficient (Wildman–Crippen LogP) is 0.0775. The monoisotopic (exact) mass is 250 g/mol. The molecule has 2 N–H and O–H groups in total. The number of alkyl halides is 1. The Hall–Kier alpha value is -0.780. The van der Waals surface area contributed by atoms with Crippen LogP contribution in [-0.2, 0) is 9.53 Å². The molecule has 74 valence electrons. The molecule has 1 aliphatic rings. The van der Waals surface area contributed by atoms with Crippen LogP contribution in [0, 0.1) is 0 Å². The highest BCUT2D eigenvalue weighted by Gasteiger charge is 2.28. The number of primary amides is 1. The summed E-state index contributed by atoms with van der Waals surface area (Å²) in [6.07, 6.45) is -0.00267. The van der Waals surface area contributed by atoms with Crippen LogP contribution in [0.15, 0.2) is 0 Å². The number of halogens is 1. The Bertz CT molecular complexity index is 222. The van der Waals surface area contributed by atoms with Gasteiger partial charge in [0.1, 0.15) is 6.61 Å². The lowest BCUT2D eigenvalue weighted by atomic mass is 10.4. The van der Waals surface area contributed by atoms with Crippen molar-refractivity contribution >= 4 is 27.9 Å². The molecule has 0 radical (unpaired) electrons. The molecule has 0 aromatic heterocycles. The van der Waals surface area contributed by atoms with Crippen LogP contribution in [0.5, 0.6) is 0 Å². The van der Waals surface area contributed by atoms with Gasteiger partial charge in [-0.1, -0.05) is 15.9 Å². The quantitative estimate of drug-likeness (QED) is 0.722. The number of carbonyl (C=O) groups excluding carboxylic acids is 2. The number of hydrogen-bond acceptors (Lipinski definition) is 3. The molecule has 0 aliphatic carbocycles. The van der Waals surface area contributed by atoms with Crippen molar-refractivity contribution in [3.8, 4) is 0 Å². The second-order valence-electron chi connectivity index (χ2n) is 2.75. The standard InChI is InChI=1S/C7H11BrN2O3/c8-5-1-2-10(6(5)11)3-4-13-7(9)12/h5H,1-4H2,(H2,9,12). The number of nitrogens with zero attached hydrogens (tertiary/aromatic N) is 1. The number of hydrogen-bond donors (Lipinski definition) is 1. The van der Waals surface area contributed by atoms with E-state index in [4.69, 9.17) is 5.73 Å². The number of rotatable bonds is 3. The zero-order valence-electron chi connectivity index (χ0n) is 7.03. The van der Waals surface area contributed by atoms with Crippen molar-refractivity contribution in [1.82, 2.24) is 4.90 Å². The summed E-state index contributed by atoms with van der Waals surface area (Å²) in [5.74, 6) is 0.0491. The minimum absolute atomic E-state index is 0.0491. The van der Waals surface area contributed by atoms with Gasteiger partial charge in [-0.2, -0.15) is 0 Å². The molecule has 1 heterocycles. The molecule has 0 bridgehead atoms. The highest BCUT2D eigenvalue weighted by Crippen LogP contribution is 2.17. The van der Waals surface area contributed by atoms with E-state index >= 15 is 0 Å². The van der Waals surface area contributed by atoms with Gasteiger partial charge in [0.05, 0.1) is 11.4 Å². The third kappa shape index (κ3) is 2.87. The lowest BCUT2D eigenvalue weighted by molar-refractivity contribution is -0.127. The van der Waals surface area contributed by atoms with E-state index in [1.165, 1.54) is 0 Å². The molecule has 0 saturated carbocycles. The van der Waals surface area contributed by atoms with E-state index in [-0.39, 0.29) is 17.3 Å². The molecule has 2 amide bonds. The first-order valence-electron chi connectivity index (χ1n) is 3.96. The smallest absolute Gasteiger partial charge is 0.404 e. The van der Waals surface area contributed by atoms with Crippen molar-refractivity contribution in [3.05, 3.63) is 0 Å². The molecule has 1 aliphatic heterocycles. The minimum atomic E-state index is -0.804. The van der Waals surface area contributed by atoms with Gasteiger partial charge in [0.25, 0.3) is 0 Å². The van der Waals surface area contributed by atoms with Crippen LogP contribution < -0.4 is 5.73 Å². The SMILES string of the molecule is NC(=O)OCCN1CCC(Br)C1=O. The number of amides is 2. The Morgan fingerprint density at radius 3 is 2.92 bits per heavy atom. The molecule has 5 nitrogen and oxygen atoms in total. The maximum atomic E-state index is 11.3. The van der Waals surface area contributed by atoms with Gasteiger partial charge >= 0.3 is 6.09 Å². The van der Waals surface area contributed by atoms with Crippen molar-refractivity contribution in [1.29, 1.82) is 0 Å². The topological polar surface area (TPSA) is 72.6 Å². The third-order valence-electron chi connectivity index (χ3n) is 1.84.